The summed E-state index contributed by atoms with van der Waals surface area (Å²) in [5.41, 5.74) is 1.32. The Morgan fingerprint density at radius 2 is 2.45 bits per heavy atom. The smallest absolute Gasteiger partial charge is 0.297 e. The molecule has 0 N–H and O–H groups in total. The summed E-state index contributed by atoms with van der Waals surface area (Å²) in [6.07, 6.45) is 3.12. The third kappa shape index (κ3) is 1.00. The molecular formula is C8H11BN2+. The number of hydrogen-bond acceptors (Lipinski definition) is 1. The molecule has 0 amide bonds. The SMILES string of the molecule is Cc1cc[n+]2c(c1)N(C)C[B]2. The van der Waals surface area contributed by atoms with Crippen LogP contribution in [0.15, 0.2) is 18.3 Å². The number of nitrogens with zero attached hydrogens (tertiary/aromatic N) is 2. The molecule has 2 heterocycles. The minimum absolute atomic E-state index is 1.02. The molecule has 0 saturated heterocycles. The lowest BCUT2D eigenvalue weighted by Gasteiger charge is -2.03. The maximum absolute atomic E-state index is 2.23. The highest BCUT2D eigenvalue weighted by atomic mass is 15.2. The molecule has 1 aliphatic heterocycles. The van der Waals surface area contributed by atoms with E-state index in [9.17, 15) is 0 Å². The second kappa shape index (κ2) is 2.26. The van der Waals surface area contributed by atoms with Gasteiger partial charge in [-0.2, -0.15) is 0 Å². The maximum atomic E-state index is 2.23. The number of aromatic nitrogens is 1. The molecule has 0 atom stereocenters. The number of anilines is 1. The largest absolute Gasteiger partial charge is 0.443 e. The zero-order chi connectivity index (χ0) is 7.84. The van der Waals surface area contributed by atoms with E-state index in [2.05, 4.69) is 49.1 Å². The summed E-state index contributed by atoms with van der Waals surface area (Å²) >= 11 is 0. The van der Waals surface area contributed by atoms with Crippen molar-refractivity contribution in [3.8, 4) is 0 Å². The standard InChI is InChI=1S/C8H11BN2/c1-7-3-4-11-8(5-7)10(2)6-9-11/h3-5H,6H2,1-2H3/q+1. The Kier molecular flexibility index (Phi) is 1.38. The number of aryl methyl sites for hydroxylation is 1. The van der Waals surface area contributed by atoms with E-state index in [4.69, 9.17) is 0 Å². The molecule has 0 fully saturated rings. The first-order valence-corrected chi connectivity index (χ1v) is 3.83. The van der Waals surface area contributed by atoms with Gasteiger partial charge in [-0.1, -0.05) is 0 Å². The molecule has 1 aliphatic rings. The summed E-state index contributed by atoms with van der Waals surface area (Å²) in [4.78, 5) is 2.23. The van der Waals surface area contributed by atoms with Gasteiger partial charge in [0.05, 0.1) is 13.2 Å². The highest BCUT2D eigenvalue weighted by Gasteiger charge is 2.25. The zero-order valence-corrected chi connectivity index (χ0v) is 6.91. The Labute approximate surface area is 67.7 Å². The fraction of sp³-hybridized carbons (Fsp3) is 0.375. The molecule has 2 rings (SSSR count). The molecule has 0 spiro atoms. The molecule has 3 heteroatoms. The summed E-state index contributed by atoms with van der Waals surface area (Å²) in [7, 11) is 4.28. The lowest BCUT2D eigenvalue weighted by Crippen LogP contribution is -2.36. The summed E-state index contributed by atoms with van der Waals surface area (Å²) in [6.45, 7) is 2.12. The van der Waals surface area contributed by atoms with Gasteiger partial charge in [0.25, 0.3) is 5.82 Å². The van der Waals surface area contributed by atoms with Gasteiger partial charge in [-0.25, -0.2) is 0 Å². The van der Waals surface area contributed by atoms with E-state index in [0.29, 0.717) is 0 Å². The van der Waals surface area contributed by atoms with Crippen LogP contribution < -0.4 is 9.38 Å². The van der Waals surface area contributed by atoms with Crippen molar-refractivity contribution in [3.63, 3.8) is 0 Å². The van der Waals surface area contributed by atoms with E-state index in [1.165, 1.54) is 11.4 Å². The Hall–Kier alpha value is -0.985. The van der Waals surface area contributed by atoms with Crippen LogP contribution in [-0.2, 0) is 0 Å². The minimum Gasteiger partial charge on any atom is -0.297 e. The first-order valence-electron chi connectivity index (χ1n) is 3.83. The highest BCUT2D eigenvalue weighted by molar-refractivity contribution is 6.27. The molecule has 0 unspecified atom stereocenters. The Bertz CT molecular complexity index is 285. The van der Waals surface area contributed by atoms with Crippen LogP contribution in [0.2, 0.25) is 0 Å². The van der Waals surface area contributed by atoms with E-state index in [-0.39, 0.29) is 0 Å². The van der Waals surface area contributed by atoms with Crippen molar-refractivity contribution in [2.75, 3.05) is 18.4 Å². The molecule has 0 aliphatic carbocycles. The molecule has 0 aromatic carbocycles. The third-order valence-electron chi connectivity index (χ3n) is 2.06. The van der Waals surface area contributed by atoms with Crippen molar-refractivity contribution in [1.29, 1.82) is 0 Å². The number of pyridine rings is 1. The lowest BCUT2D eigenvalue weighted by atomic mass is 9.96. The maximum Gasteiger partial charge on any atom is 0.443 e. The Morgan fingerprint density at radius 1 is 1.64 bits per heavy atom. The summed E-state index contributed by atoms with van der Waals surface area (Å²) in [6, 6.07) is 4.32. The quantitative estimate of drug-likeness (QED) is 0.473. The van der Waals surface area contributed by atoms with Crippen LogP contribution in [0.1, 0.15) is 5.56 Å². The van der Waals surface area contributed by atoms with E-state index in [0.717, 1.165) is 6.44 Å². The summed E-state index contributed by atoms with van der Waals surface area (Å²) in [5, 5.41) is 0. The van der Waals surface area contributed by atoms with Gasteiger partial charge in [0, 0.05) is 6.07 Å². The van der Waals surface area contributed by atoms with Crippen LogP contribution >= 0.6 is 0 Å². The van der Waals surface area contributed by atoms with E-state index in [1.807, 2.05) is 0 Å². The van der Waals surface area contributed by atoms with Gasteiger partial charge in [-0.15, -0.1) is 0 Å². The minimum atomic E-state index is 1.02. The van der Waals surface area contributed by atoms with Crippen LogP contribution in [0.4, 0.5) is 5.82 Å². The molecular weight excluding hydrogens is 135 g/mol. The fourth-order valence-corrected chi connectivity index (χ4v) is 1.37. The average molecular weight is 146 g/mol. The summed E-state index contributed by atoms with van der Waals surface area (Å²) < 4.78 is 2.16. The predicted molar refractivity (Wildman–Crippen MR) is 45.8 cm³/mol. The van der Waals surface area contributed by atoms with Gasteiger partial charge in [-0.05, 0) is 18.6 Å². The van der Waals surface area contributed by atoms with Crippen molar-refractivity contribution >= 4 is 13.2 Å². The van der Waals surface area contributed by atoms with Crippen LogP contribution in [0.5, 0.6) is 0 Å². The van der Waals surface area contributed by atoms with Gasteiger partial charge in [-0.3, -0.25) is 9.38 Å². The predicted octanol–water partition coefficient (Wildman–Crippen LogP) is 0.157. The van der Waals surface area contributed by atoms with Gasteiger partial charge in [0.1, 0.15) is 6.44 Å². The van der Waals surface area contributed by atoms with Gasteiger partial charge >= 0.3 is 7.41 Å². The number of fused-ring (bicyclic) bond motifs is 1. The topological polar surface area (TPSA) is 7.12 Å². The molecule has 1 aromatic heterocycles. The lowest BCUT2D eigenvalue weighted by molar-refractivity contribution is -0.509. The normalized spacial score (nSPS) is 14.5. The van der Waals surface area contributed by atoms with E-state index >= 15 is 0 Å². The average Bonchev–Trinajstić information content (AvgIpc) is 2.33. The van der Waals surface area contributed by atoms with Crippen LogP contribution in [0.25, 0.3) is 0 Å². The zero-order valence-electron chi connectivity index (χ0n) is 6.91. The molecule has 1 radical (unpaired) electrons. The monoisotopic (exact) mass is 146 g/mol. The molecule has 1 aromatic rings. The van der Waals surface area contributed by atoms with Crippen molar-refractivity contribution in [2.24, 2.45) is 0 Å². The second-order valence-electron chi connectivity index (χ2n) is 3.03. The molecule has 11 heavy (non-hydrogen) atoms. The number of hydrogen-bond donors (Lipinski definition) is 0. The van der Waals surface area contributed by atoms with Gasteiger partial charge < -0.3 is 0 Å². The van der Waals surface area contributed by atoms with Crippen molar-refractivity contribution in [3.05, 3.63) is 23.9 Å². The van der Waals surface area contributed by atoms with Crippen molar-refractivity contribution in [1.82, 2.24) is 0 Å². The van der Waals surface area contributed by atoms with Crippen LogP contribution in [0.3, 0.4) is 0 Å². The van der Waals surface area contributed by atoms with Crippen LogP contribution in [-0.4, -0.2) is 20.9 Å². The van der Waals surface area contributed by atoms with Crippen LogP contribution in [0, 0.1) is 6.92 Å². The first kappa shape index (κ1) is 6.71. The molecule has 0 bridgehead atoms. The van der Waals surface area contributed by atoms with E-state index < -0.39 is 0 Å². The first-order chi connectivity index (χ1) is 5.27. The molecule has 2 nitrogen and oxygen atoms in total. The highest BCUT2D eigenvalue weighted by Crippen LogP contribution is 2.10. The number of rotatable bonds is 0. The third-order valence-corrected chi connectivity index (χ3v) is 2.06. The van der Waals surface area contributed by atoms with Crippen molar-refractivity contribution in [2.45, 2.75) is 6.92 Å². The van der Waals surface area contributed by atoms with Crippen molar-refractivity contribution < 1.29 is 4.48 Å². The second-order valence-corrected chi connectivity index (χ2v) is 3.03. The summed E-state index contributed by atoms with van der Waals surface area (Å²) in [5.74, 6) is 1.28. The molecule has 0 saturated carbocycles. The molecule has 55 valence electrons. The fourth-order valence-electron chi connectivity index (χ4n) is 1.37. The van der Waals surface area contributed by atoms with Gasteiger partial charge in [0.15, 0.2) is 0 Å². The van der Waals surface area contributed by atoms with Gasteiger partial charge in [0.2, 0.25) is 0 Å². The van der Waals surface area contributed by atoms with E-state index in [1.54, 1.807) is 0 Å². The Balaban J connectivity index is 2.52. The Morgan fingerprint density at radius 3 is 3.27 bits per heavy atom.